The molecule has 0 saturated carbocycles. The lowest BCUT2D eigenvalue weighted by atomic mass is 10.1. The van der Waals surface area contributed by atoms with Gasteiger partial charge in [-0.25, -0.2) is 18.1 Å². The molecule has 0 amide bonds. The molecular weight excluding hydrogens is 256 g/mol. The van der Waals surface area contributed by atoms with Gasteiger partial charge in [0.2, 0.25) is 21.9 Å². The predicted octanol–water partition coefficient (Wildman–Crippen LogP) is 0.225. The van der Waals surface area contributed by atoms with Gasteiger partial charge in [0.05, 0.1) is 13.4 Å². The Balaban J connectivity index is 2.63. The average Bonchev–Trinajstić information content (AvgIpc) is 2.24. The minimum Gasteiger partial charge on any atom is -0.481 e. The van der Waals surface area contributed by atoms with Crippen LogP contribution in [0.2, 0.25) is 0 Å². The van der Waals surface area contributed by atoms with Gasteiger partial charge in [0.25, 0.3) is 0 Å². The monoisotopic (exact) mass is 274 g/mol. The van der Waals surface area contributed by atoms with E-state index in [1.165, 1.54) is 7.11 Å². The first kappa shape index (κ1) is 14.7. The largest absolute Gasteiger partial charge is 0.481 e. The Morgan fingerprint density at radius 1 is 1.44 bits per heavy atom. The molecule has 0 radical (unpaired) electrons. The zero-order chi connectivity index (χ0) is 13.8. The summed E-state index contributed by atoms with van der Waals surface area (Å²) < 4.78 is 29.8. The van der Waals surface area contributed by atoms with Crippen molar-refractivity contribution in [2.24, 2.45) is 0 Å². The van der Waals surface area contributed by atoms with E-state index in [2.05, 4.69) is 20.0 Å². The number of ether oxygens (including phenoxy) is 1. The SMILES string of the molecule is COc1ccnc(NCC(C)(C)NS(C)(=O)=O)n1. The van der Waals surface area contributed by atoms with Crippen LogP contribution in [0, 0.1) is 0 Å². The van der Waals surface area contributed by atoms with Gasteiger partial charge in [-0.05, 0) is 13.8 Å². The maximum Gasteiger partial charge on any atom is 0.226 e. The van der Waals surface area contributed by atoms with Crippen molar-refractivity contribution in [3.63, 3.8) is 0 Å². The Bertz CT molecular complexity index is 502. The fraction of sp³-hybridized carbons (Fsp3) is 0.600. The second-order valence-electron chi connectivity index (χ2n) is 4.53. The number of anilines is 1. The molecule has 0 aromatic carbocycles. The molecule has 0 aliphatic heterocycles. The molecule has 102 valence electrons. The van der Waals surface area contributed by atoms with Crippen molar-refractivity contribution >= 4 is 16.0 Å². The van der Waals surface area contributed by atoms with Crippen molar-refractivity contribution in [1.82, 2.24) is 14.7 Å². The van der Waals surface area contributed by atoms with Crippen LogP contribution in [0.3, 0.4) is 0 Å². The number of hydrogen-bond donors (Lipinski definition) is 2. The maximum absolute atomic E-state index is 11.2. The molecule has 1 aromatic heterocycles. The molecule has 0 saturated heterocycles. The lowest BCUT2D eigenvalue weighted by Crippen LogP contribution is -2.47. The van der Waals surface area contributed by atoms with Gasteiger partial charge in [0, 0.05) is 24.3 Å². The van der Waals surface area contributed by atoms with Crippen LogP contribution in [-0.4, -0.2) is 43.8 Å². The lowest BCUT2D eigenvalue weighted by molar-refractivity contribution is 0.397. The number of rotatable bonds is 6. The van der Waals surface area contributed by atoms with E-state index in [1.54, 1.807) is 26.1 Å². The highest BCUT2D eigenvalue weighted by Crippen LogP contribution is 2.09. The predicted molar refractivity (Wildman–Crippen MR) is 69.1 cm³/mol. The molecule has 0 spiro atoms. The first-order chi connectivity index (χ1) is 8.22. The Hall–Kier alpha value is -1.41. The van der Waals surface area contributed by atoms with E-state index >= 15 is 0 Å². The smallest absolute Gasteiger partial charge is 0.226 e. The minimum absolute atomic E-state index is 0.354. The number of sulfonamides is 1. The molecule has 0 fully saturated rings. The van der Waals surface area contributed by atoms with E-state index in [9.17, 15) is 8.42 Å². The summed E-state index contributed by atoms with van der Waals surface area (Å²) in [7, 11) is -1.74. The molecule has 0 bridgehead atoms. The number of nitrogens with zero attached hydrogens (tertiary/aromatic N) is 2. The molecule has 7 nitrogen and oxygen atoms in total. The first-order valence-corrected chi connectivity index (χ1v) is 7.21. The van der Waals surface area contributed by atoms with Gasteiger partial charge in [-0.15, -0.1) is 0 Å². The summed E-state index contributed by atoms with van der Waals surface area (Å²) in [6.45, 7) is 3.88. The van der Waals surface area contributed by atoms with Gasteiger partial charge in [-0.2, -0.15) is 4.98 Å². The summed E-state index contributed by atoms with van der Waals surface area (Å²) in [5, 5.41) is 2.95. The highest BCUT2D eigenvalue weighted by Gasteiger charge is 2.22. The molecule has 0 aliphatic rings. The quantitative estimate of drug-likeness (QED) is 0.771. The van der Waals surface area contributed by atoms with Gasteiger partial charge in [0.1, 0.15) is 0 Å². The van der Waals surface area contributed by atoms with Crippen molar-refractivity contribution in [1.29, 1.82) is 0 Å². The molecule has 1 aromatic rings. The molecule has 0 atom stereocenters. The van der Waals surface area contributed by atoms with Gasteiger partial charge in [0.15, 0.2) is 0 Å². The molecule has 1 heterocycles. The zero-order valence-corrected chi connectivity index (χ0v) is 11.7. The fourth-order valence-electron chi connectivity index (χ4n) is 1.38. The second-order valence-corrected chi connectivity index (χ2v) is 6.28. The highest BCUT2D eigenvalue weighted by molar-refractivity contribution is 7.88. The van der Waals surface area contributed by atoms with Crippen LogP contribution in [0.25, 0.3) is 0 Å². The Kier molecular flexibility index (Phi) is 4.47. The second kappa shape index (κ2) is 5.49. The minimum atomic E-state index is -3.25. The van der Waals surface area contributed by atoms with Crippen LogP contribution in [-0.2, 0) is 10.0 Å². The van der Waals surface area contributed by atoms with E-state index in [0.717, 1.165) is 6.26 Å². The van der Waals surface area contributed by atoms with Crippen LogP contribution in [0.1, 0.15) is 13.8 Å². The van der Waals surface area contributed by atoms with Crippen molar-refractivity contribution in [3.8, 4) is 5.88 Å². The molecule has 0 aliphatic carbocycles. The van der Waals surface area contributed by atoms with Crippen molar-refractivity contribution in [2.45, 2.75) is 19.4 Å². The van der Waals surface area contributed by atoms with Gasteiger partial charge in [-0.3, -0.25) is 0 Å². The Morgan fingerprint density at radius 2 is 2.11 bits per heavy atom. The topological polar surface area (TPSA) is 93.2 Å². The zero-order valence-electron chi connectivity index (χ0n) is 10.9. The maximum atomic E-state index is 11.2. The van der Waals surface area contributed by atoms with Gasteiger partial charge >= 0.3 is 0 Å². The standard InChI is InChI=1S/C10H18N4O3S/c1-10(2,14-18(4,15)16)7-12-9-11-6-5-8(13-9)17-3/h5-6,14H,7H2,1-4H3,(H,11,12,13). The molecule has 2 N–H and O–H groups in total. The summed E-state index contributed by atoms with van der Waals surface area (Å²) >= 11 is 0. The third-order valence-electron chi connectivity index (χ3n) is 1.99. The number of nitrogens with one attached hydrogen (secondary N) is 2. The van der Waals surface area contributed by atoms with Crippen LogP contribution >= 0.6 is 0 Å². The van der Waals surface area contributed by atoms with E-state index in [-0.39, 0.29) is 0 Å². The van der Waals surface area contributed by atoms with Crippen LogP contribution in [0.15, 0.2) is 12.3 Å². The summed E-state index contributed by atoms with van der Waals surface area (Å²) in [6, 6.07) is 1.63. The summed E-state index contributed by atoms with van der Waals surface area (Å²) in [6.07, 6.45) is 2.68. The number of methoxy groups -OCH3 is 1. The van der Waals surface area contributed by atoms with Gasteiger partial charge in [-0.1, -0.05) is 0 Å². The number of hydrogen-bond acceptors (Lipinski definition) is 6. The molecule has 0 unspecified atom stereocenters. The van der Waals surface area contributed by atoms with E-state index < -0.39 is 15.6 Å². The van der Waals surface area contributed by atoms with Gasteiger partial charge < -0.3 is 10.1 Å². The normalized spacial score (nSPS) is 12.2. The van der Waals surface area contributed by atoms with Crippen LogP contribution in [0.4, 0.5) is 5.95 Å². The highest BCUT2D eigenvalue weighted by atomic mass is 32.2. The van der Waals surface area contributed by atoms with Crippen LogP contribution < -0.4 is 14.8 Å². The van der Waals surface area contributed by atoms with Crippen LogP contribution in [0.5, 0.6) is 5.88 Å². The summed E-state index contributed by atoms with van der Waals surface area (Å²) in [5.41, 5.74) is -0.639. The first-order valence-electron chi connectivity index (χ1n) is 5.32. The molecule has 18 heavy (non-hydrogen) atoms. The Morgan fingerprint density at radius 3 is 2.67 bits per heavy atom. The Labute approximate surface area is 107 Å². The fourth-order valence-corrected chi connectivity index (χ4v) is 2.45. The molecular formula is C10H18N4O3S. The summed E-state index contributed by atoms with van der Waals surface area (Å²) in [5.74, 6) is 0.833. The third-order valence-corrected chi connectivity index (χ3v) is 2.91. The third kappa shape index (κ3) is 5.28. The molecule has 1 rings (SSSR count). The average molecular weight is 274 g/mol. The lowest BCUT2D eigenvalue weighted by Gasteiger charge is -2.25. The van der Waals surface area contributed by atoms with E-state index in [0.29, 0.717) is 18.4 Å². The van der Waals surface area contributed by atoms with Crippen molar-refractivity contribution in [2.75, 3.05) is 25.2 Å². The number of aromatic nitrogens is 2. The summed E-state index contributed by atoms with van der Waals surface area (Å²) in [4.78, 5) is 8.08. The van der Waals surface area contributed by atoms with E-state index in [4.69, 9.17) is 4.74 Å². The van der Waals surface area contributed by atoms with Crippen molar-refractivity contribution < 1.29 is 13.2 Å². The van der Waals surface area contributed by atoms with E-state index in [1.807, 2.05) is 0 Å². The van der Waals surface area contributed by atoms with Crippen molar-refractivity contribution in [3.05, 3.63) is 12.3 Å². The molecule has 8 heteroatoms.